The Morgan fingerprint density at radius 1 is 1.33 bits per heavy atom. The first-order valence-corrected chi connectivity index (χ1v) is 5.60. The molecule has 1 aromatic carbocycles. The van der Waals surface area contributed by atoms with Crippen LogP contribution in [0.15, 0.2) is 29.1 Å². The molecule has 1 aromatic heterocycles. The fraction of sp³-hybridized carbons (Fsp3) is 0.333. The van der Waals surface area contributed by atoms with Crippen LogP contribution in [0.4, 0.5) is 5.69 Å². The van der Waals surface area contributed by atoms with Crippen LogP contribution in [0.25, 0.3) is 10.8 Å². The van der Waals surface area contributed by atoms with E-state index < -0.39 is 0 Å². The van der Waals surface area contributed by atoms with Crippen LogP contribution in [0.5, 0.6) is 0 Å². The Morgan fingerprint density at radius 3 is 3.00 bits per heavy atom. The molecule has 2 nitrogen and oxygen atoms in total. The largest absolute Gasteiger partial charge is 0.471 e. The zero-order valence-corrected chi connectivity index (χ0v) is 9.05. The molecule has 1 fully saturated rings. The van der Waals surface area contributed by atoms with Gasteiger partial charge in [0.15, 0.2) is 0 Å². The topological polar surface area (TPSA) is 25.2 Å². The highest BCUT2D eigenvalue weighted by Crippen LogP contribution is 2.32. The van der Waals surface area contributed by atoms with Gasteiger partial charge >= 0.3 is 0 Å². The zero-order chi connectivity index (χ0) is 10.3. The van der Waals surface area contributed by atoms with Gasteiger partial charge in [0.2, 0.25) is 0 Å². The van der Waals surface area contributed by atoms with Gasteiger partial charge in [-0.3, -0.25) is 0 Å². The van der Waals surface area contributed by atoms with E-state index in [-0.39, 0.29) is 0 Å². The molecule has 0 atom stereocenters. The zero-order valence-electron chi connectivity index (χ0n) is 8.29. The normalized spacial score (nSPS) is 15.8. The summed E-state index contributed by atoms with van der Waals surface area (Å²) in [4.78, 5) is 0. The van der Waals surface area contributed by atoms with Gasteiger partial charge in [-0.25, -0.2) is 0 Å². The van der Waals surface area contributed by atoms with Crippen LogP contribution in [0.3, 0.4) is 0 Å². The van der Waals surface area contributed by atoms with Gasteiger partial charge in [0.05, 0.1) is 6.26 Å². The molecule has 1 heterocycles. The van der Waals surface area contributed by atoms with E-state index >= 15 is 0 Å². The van der Waals surface area contributed by atoms with Crippen molar-refractivity contribution in [1.82, 2.24) is 0 Å². The lowest BCUT2D eigenvalue weighted by atomic mass is 10.2. The van der Waals surface area contributed by atoms with E-state index in [0.29, 0.717) is 0 Å². The Kier molecular flexibility index (Phi) is 2.10. The third kappa shape index (κ3) is 1.82. The predicted octanol–water partition coefficient (Wildman–Crippen LogP) is 3.91. The summed E-state index contributed by atoms with van der Waals surface area (Å²) in [6, 6.07) is 3.88. The maximum Gasteiger partial charge on any atom is 0.100 e. The Labute approximate surface area is 93.2 Å². The van der Waals surface area contributed by atoms with Crippen molar-refractivity contribution in [2.75, 3.05) is 11.9 Å². The Hall–Kier alpha value is -1.15. The van der Waals surface area contributed by atoms with Crippen molar-refractivity contribution in [3.05, 3.63) is 29.7 Å². The number of hydrogen-bond acceptors (Lipinski definition) is 2. The lowest BCUT2D eigenvalue weighted by Gasteiger charge is -2.06. The quantitative estimate of drug-likeness (QED) is 0.850. The first-order chi connectivity index (χ1) is 7.33. The summed E-state index contributed by atoms with van der Waals surface area (Å²) < 4.78 is 5.18. The van der Waals surface area contributed by atoms with Crippen LogP contribution < -0.4 is 5.32 Å². The molecule has 0 unspecified atom stereocenters. The number of rotatable bonds is 3. The molecule has 1 aliphatic rings. The van der Waals surface area contributed by atoms with Crippen LogP contribution in [-0.4, -0.2) is 6.54 Å². The number of nitrogens with one attached hydrogen (secondary N) is 1. The average Bonchev–Trinajstić information content (AvgIpc) is 2.92. The number of anilines is 1. The maximum absolute atomic E-state index is 6.03. The van der Waals surface area contributed by atoms with Gasteiger partial charge in [-0.2, -0.15) is 0 Å². The predicted molar refractivity (Wildman–Crippen MR) is 62.4 cm³/mol. The fourth-order valence-electron chi connectivity index (χ4n) is 1.77. The number of hydrogen-bond donors (Lipinski definition) is 1. The summed E-state index contributed by atoms with van der Waals surface area (Å²) in [7, 11) is 0. The second-order valence-corrected chi connectivity index (χ2v) is 4.59. The van der Waals surface area contributed by atoms with E-state index in [1.807, 2.05) is 12.1 Å². The third-order valence-corrected chi connectivity index (χ3v) is 3.05. The van der Waals surface area contributed by atoms with Crippen molar-refractivity contribution in [2.24, 2.45) is 5.92 Å². The summed E-state index contributed by atoms with van der Waals surface area (Å²) in [5, 5.41) is 6.35. The number of halogens is 1. The average molecular weight is 222 g/mol. The minimum atomic E-state index is 0.752. The minimum absolute atomic E-state index is 0.752. The van der Waals surface area contributed by atoms with Gasteiger partial charge < -0.3 is 9.73 Å². The van der Waals surface area contributed by atoms with E-state index in [2.05, 4.69) is 5.32 Å². The molecule has 0 spiro atoms. The molecule has 15 heavy (non-hydrogen) atoms. The smallest absolute Gasteiger partial charge is 0.100 e. The Balaban J connectivity index is 1.95. The van der Waals surface area contributed by atoms with E-state index in [9.17, 15) is 0 Å². The molecule has 78 valence electrons. The van der Waals surface area contributed by atoms with Gasteiger partial charge in [0.25, 0.3) is 0 Å². The molecular formula is C12H12ClNO. The first kappa shape index (κ1) is 9.10. The summed E-state index contributed by atoms with van der Waals surface area (Å²) in [6.45, 7) is 1.04. The second-order valence-electron chi connectivity index (χ2n) is 4.15. The van der Waals surface area contributed by atoms with Crippen molar-refractivity contribution in [1.29, 1.82) is 0 Å². The summed E-state index contributed by atoms with van der Waals surface area (Å²) >= 11 is 6.03. The number of furan rings is 1. The van der Waals surface area contributed by atoms with E-state index in [1.165, 1.54) is 12.8 Å². The van der Waals surface area contributed by atoms with E-state index in [1.54, 1.807) is 12.5 Å². The number of benzene rings is 1. The van der Waals surface area contributed by atoms with Gasteiger partial charge in [-0.15, -0.1) is 0 Å². The first-order valence-electron chi connectivity index (χ1n) is 5.22. The van der Waals surface area contributed by atoms with E-state index in [0.717, 1.165) is 33.9 Å². The van der Waals surface area contributed by atoms with Crippen molar-refractivity contribution < 1.29 is 4.42 Å². The molecule has 0 bridgehead atoms. The molecule has 1 saturated carbocycles. The van der Waals surface area contributed by atoms with E-state index in [4.69, 9.17) is 16.0 Å². The molecule has 1 N–H and O–H groups in total. The number of fused-ring (bicyclic) bond motifs is 1. The molecule has 0 saturated heterocycles. The molecule has 3 heteroatoms. The van der Waals surface area contributed by atoms with Crippen LogP contribution >= 0.6 is 11.6 Å². The summed E-state index contributed by atoms with van der Waals surface area (Å²) in [6.07, 6.45) is 6.19. The minimum Gasteiger partial charge on any atom is -0.471 e. The third-order valence-electron chi connectivity index (χ3n) is 2.84. The fourth-order valence-corrected chi connectivity index (χ4v) is 1.99. The molecule has 2 aromatic rings. The van der Waals surface area contributed by atoms with Gasteiger partial charge in [0, 0.05) is 28.0 Å². The lowest BCUT2D eigenvalue weighted by molar-refractivity contribution is 0.572. The van der Waals surface area contributed by atoms with Crippen molar-refractivity contribution in [3.63, 3.8) is 0 Å². The van der Waals surface area contributed by atoms with Crippen molar-refractivity contribution in [3.8, 4) is 0 Å². The Morgan fingerprint density at radius 2 is 2.20 bits per heavy atom. The van der Waals surface area contributed by atoms with Crippen molar-refractivity contribution >= 4 is 28.1 Å². The molecule has 0 aliphatic heterocycles. The van der Waals surface area contributed by atoms with Crippen LogP contribution in [-0.2, 0) is 0 Å². The molecule has 0 amide bonds. The maximum atomic E-state index is 6.03. The molecule has 0 radical (unpaired) electrons. The van der Waals surface area contributed by atoms with Crippen LogP contribution in [0.2, 0.25) is 5.02 Å². The monoisotopic (exact) mass is 221 g/mol. The van der Waals surface area contributed by atoms with Gasteiger partial charge in [-0.05, 0) is 30.9 Å². The van der Waals surface area contributed by atoms with Crippen LogP contribution in [0, 0.1) is 5.92 Å². The molecule has 1 aliphatic carbocycles. The highest BCUT2D eigenvalue weighted by atomic mass is 35.5. The SMILES string of the molecule is Clc1cc(NCC2CC2)c2cocc2c1. The molecule has 3 rings (SSSR count). The van der Waals surface area contributed by atoms with Gasteiger partial charge in [-0.1, -0.05) is 11.6 Å². The summed E-state index contributed by atoms with van der Waals surface area (Å²) in [5.41, 5.74) is 1.08. The Bertz CT molecular complexity index is 487. The van der Waals surface area contributed by atoms with Crippen molar-refractivity contribution in [2.45, 2.75) is 12.8 Å². The highest BCUT2D eigenvalue weighted by molar-refractivity contribution is 6.31. The lowest BCUT2D eigenvalue weighted by Crippen LogP contribution is -2.03. The van der Waals surface area contributed by atoms with Crippen LogP contribution in [0.1, 0.15) is 12.8 Å². The molecular weight excluding hydrogens is 210 g/mol. The second kappa shape index (κ2) is 3.46. The standard InChI is InChI=1S/C12H12ClNO/c13-10-3-9-6-15-7-11(9)12(4-10)14-5-8-1-2-8/h3-4,6-8,14H,1-2,5H2. The van der Waals surface area contributed by atoms with Gasteiger partial charge in [0.1, 0.15) is 6.26 Å². The summed E-state index contributed by atoms with van der Waals surface area (Å²) in [5.74, 6) is 0.853. The highest BCUT2D eigenvalue weighted by Gasteiger charge is 2.21.